The van der Waals surface area contributed by atoms with Crippen LogP contribution in [0.2, 0.25) is 5.02 Å². The SMILES string of the molecule is Cc1ccc(S[C@H](C)C(=O)Nc2ccc(S(=O)(=O)Nc3ccc(Cl)cc3)cc2)cc1. The highest BCUT2D eigenvalue weighted by Gasteiger charge is 2.17. The summed E-state index contributed by atoms with van der Waals surface area (Å²) in [6, 6.07) is 20.4. The Kier molecular flexibility index (Phi) is 7.07. The third kappa shape index (κ3) is 6.01. The van der Waals surface area contributed by atoms with Crippen molar-refractivity contribution in [3.05, 3.63) is 83.4 Å². The fourth-order valence-electron chi connectivity index (χ4n) is 2.57. The van der Waals surface area contributed by atoms with Gasteiger partial charge in [0.25, 0.3) is 10.0 Å². The van der Waals surface area contributed by atoms with Crippen LogP contribution in [0.25, 0.3) is 0 Å². The van der Waals surface area contributed by atoms with Crippen LogP contribution in [0.1, 0.15) is 12.5 Å². The van der Waals surface area contributed by atoms with Gasteiger partial charge in [-0.25, -0.2) is 8.42 Å². The van der Waals surface area contributed by atoms with Crippen LogP contribution in [-0.4, -0.2) is 19.6 Å². The van der Waals surface area contributed by atoms with Gasteiger partial charge < -0.3 is 5.32 Å². The van der Waals surface area contributed by atoms with Crippen molar-refractivity contribution < 1.29 is 13.2 Å². The molecule has 2 N–H and O–H groups in total. The maximum absolute atomic E-state index is 12.5. The topological polar surface area (TPSA) is 75.3 Å². The van der Waals surface area contributed by atoms with Crippen LogP contribution >= 0.6 is 23.4 Å². The molecule has 0 unspecified atom stereocenters. The Balaban J connectivity index is 1.62. The second-order valence-corrected chi connectivity index (χ2v) is 10.2. The molecule has 1 atom stereocenters. The first-order chi connectivity index (χ1) is 14.2. The minimum Gasteiger partial charge on any atom is -0.325 e. The van der Waals surface area contributed by atoms with E-state index in [0.717, 1.165) is 10.5 Å². The van der Waals surface area contributed by atoms with Gasteiger partial charge in [-0.2, -0.15) is 0 Å². The zero-order valence-corrected chi connectivity index (χ0v) is 18.8. The summed E-state index contributed by atoms with van der Waals surface area (Å²) in [6.45, 7) is 3.84. The van der Waals surface area contributed by atoms with Gasteiger partial charge in [-0.1, -0.05) is 29.3 Å². The molecule has 0 saturated carbocycles. The molecule has 0 radical (unpaired) electrons. The number of nitrogens with one attached hydrogen (secondary N) is 2. The number of rotatable bonds is 7. The van der Waals surface area contributed by atoms with Gasteiger partial charge in [-0.05, 0) is 74.5 Å². The Morgan fingerprint density at radius 2 is 1.47 bits per heavy atom. The lowest BCUT2D eigenvalue weighted by Crippen LogP contribution is -2.22. The van der Waals surface area contributed by atoms with Crippen LogP contribution in [0.3, 0.4) is 0 Å². The summed E-state index contributed by atoms with van der Waals surface area (Å²) >= 11 is 7.28. The maximum atomic E-state index is 12.5. The van der Waals surface area contributed by atoms with Gasteiger partial charge in [0.05, 0.1) is 10.1 Å². The van der Waals surface area contributed by atoms with Crippen molar-refractivity contribution in [2.45, 2.75) is 28.9 Å². The Hall–Kier alpha value is -2.48. The molecule has 0 spiro atoms. The summed E-state index contributed by atoms with van der Waals surface area (Å²) in [7, 11) is -3.74. The Morgan fingerprint density at radius 3 is 2.07 bits per heavy atom. The highest BCUT2D eigenvalue weighted by molar-refractivity contribution is 8.00. The van der Waals surface area contributed by atoms with Crippen LogP contribution in [0, 0.1) is 6.92 Å². The number of carbonyl (C=O) groups excluding carboxylic acids is 1. The standard InChI is InChI=1S/C22H21ClN2O3S2/c1-15-3-11-20(12-4-15)29-16(2)22(26)24-18-9-13-21(14-10-18)30(27,28)25-19-7-5-17(23)6-8-19/h3-14,16,25H,1-2H3,(H,24,26)/t16-/m1/s1. The molecule has 0 aliphatic rings. The quantitative estimate of drug-likeness (QED) is 0.452. The van der Waals surface area contributed by atoms with Gasteiger partial charge in [0, 0.05) is 21.3 Å². The van der Waals surface area contributed by atoms with Crippen molar-refractivity contribution in [2.24, 2.45) is 0 Å². The van der Waals surface area contributed by atoms with Crippen molar-refractivity contribution in [3.8, 4) is 0 Å². The molecule has 0 saturated heterocycles. The predicted molar refractivity (Wildman–Crippen MR) is 124 cm³/mol. The molecule has 0 heterocycles. The smallest absolute Gasteiger partial charge is 0.261 e. The zero-order valence-electron chi connectivity index (χ0n) is 16.4. The molecule has 8 heteroatoms. The third-order valence-corrected chi connectivity index (χ3v) is 6.99. The summed E-state index contributed by atoms with van der Waals surface area (Å²) in [4.78, 5) is 13.6. The predicted octanol–water partition coefficient (Wildman–Crippen LogP) is 5.57. The Labute approximate surface area is 185 Å². The van der Waals surface area contributed by atoms with Crippen molar-refractivity contribution in [1.82, 2.24) is 0 Å². The van der Waals surface area contributed by atoms with E-state index in [9.17, 15) is 13.2 Å². The molecule has 0 bridgehead atoms. The van der Waals surface area contributed by atoms with E-state index < -0.39 is 10.0 Å². The number of anilines is 2. The first-order valence-electron chi connectivity index (χ1n) is 9.15. The second kappa shape index (κ2) is 9.55. The van der Waals surface area contributed by atoms with E-state index in [-0.39, 0.29) is 16.1 Å². The molecule has 0 aliphatic carbocycles. The van der Waals surface area contributed by atoms with Crippen LogP contribution in [0.5, 0.6) is 0 Å². The van der Waals surface area contributed by atoms with Gasteiger partial charge in [0.15, 0.2) is 0 Å². The minimum atomic E-state index is -3.74. The zero-order chi connectivity index (χ0) is 21.7. The molecular weight excluding hydrogens is 440 g/mol. The summed E-state index contributed by atoms with van der Waals surface area (Å²) in [5, 5.41) is 3.04. The number of benzene rings is 3. The van der Waals surface area contributed by atoms with Crippen LogP contribution < -0.4 is 10.0 Å². The Bertz CT molecular complexity index is 1110. The summed E-state index contributed by atoms with van der Waals surface area (Å²) in [5.74, 6) is -0.157. The van der Waals surface area contributed by atoms with E-state index in [4.69, 9.17) is 11.6 Å². The van der Waals surface area contributed by atoms with Crippen LogP contribution in [-0.2, 0) is 14.8 Å². The van der Waals surface area contributed by atoms with Gasteiger partial charge in [0.2, 0.25) is 5.91 Å². The highest BCUT2D eigenvalue weighted by atomic mass is 35.5. The molecule has 0 fully saturated rings. The summed E-state index contributed by atoms with van der Waals surface area (Å²) in [5.41, 5.74) is 2.11. The van der Waals surface area contributed by atoms with E-state index in [1.54, 1.807) is 36.4 Å². The first-order valence-corrected chi connectivity index (χ1v) is 11.9. The van der Waals surface area contributed by atoms with Crippen molar-refractivity contribution in [1.29, 1.82) is 0 Å². The maximum Gasteiger partial charge on any atom is 0.261 e. The average molecular weight is 461 g/mol. The highest BCUT2D eigenvalue weighted by Crippen LogP contribution is 2.25. The van der Waals surface area contributed by atoms with E-state index in [1.807, 2.05) is 38.1 Å². The molecule has 1 amide bonds. The lowest BCUT2D eigenvalue weighted by atomic mass is 10.2. The van der Waals surface area contributed by atoms with Crippen LogP contribution in [0.15, 0.2) is 82.6 Å². The lowest BCUT2D eigenvalue weighted by Gasteiger charge is -2.13. The summed E-state index contributed by atoms with van der Waals surface area (Å²) in [6.07, 6.45) is 0. The average Bonchev–Trinajstić information content (AvgIpc) is 2.71. The molecule has 3 rings (SSSR count). The minimum absolute atomic E-state index is 0.0949. The molecule has 156 valence electrons. The molecule has 30 heavy (non-hydrogen) atoms. The van der Waals surface area contributed by atoms with Crippen LogP contribution in [0.4, 0.5) is 11.4 Å². The van der Waals surface area contributed by atoms with Crippen molar-refractivity contribution in [3.63, 3.8) is 0 Å². The monoisotopic (exact) mass is 460 g/mol. The number of amides is 1. The molecule has 0 aliphatic heterocycles. The van der Waals surface area contributed by atoms with E-state index in [0.29, 0.717) is 16.4 Å². The number of aryl methyl sites for hydroxylation is 1. The van der Waals surface area contributed by atoms with E-state index in [2.05, 4.69) is 10.0 Å². The Morgan fingerprint density at radius 1 is 0.900 bits per heavy atom. The molecule has 5 nitrogen and oxygen atoms in total. The van der Waals surface area contributed by atoms with Gasteiger partial charge in [-0.3, -0.25) is 9.52 Å². The van der Waals surface area contributed by atoms with Gasteiger partial charge >= 0.3 is 0 Å². The number of sulfonamides is 1. The fourth-order valence-corrected chi connectivity index (χ4v) is 4.62. The fraction of sp³-hybridized carbons (Fsp3) is 0.136. The number of halogens is 1. The largest absolute Gasteiger partial charge is 0.325 e. The van der Waals surface area contributed by atoms with Gasteiger partial charge in [-0.15, -0.1) is 11.8 Å². The van der Waals surface area contributed by atoms with E-state index in [1.165, 1.54) is 23.9 Å². The van der Waals surface area contributed by atoms with Crippen molar-refractivity contribution >= 4 is 50.7 Å². The first kappa shape index (κ1) is 22.2. The van der Waals surface area contributed by atoms with Crippen molar-refractivity contribution in [2.75, 3.05) is 10.0 Å². The third-order valence-electron chi connectivity index (χ3n) is 4.23. The normalized spacial score (nSPS) is 12.2. The molecule has 3 aromatic carbocycles. The molecule has 0 aromatic heterocycles. The number of carbonyl (C=O) groups is 1. The second-order valence-electron chi connectivity index (χ2n) is 6.70. The molecule has 3 aromatic rings. The number of hydrogen-bond acceptors (Lipinski definition) is 4. The number of thioether (sulfide) groups is 1. The molecular formula is C22H21ClN2O3S2. The number of hydrogen-bond donors (Lipinski definition) is 2. The van der Waals surface area contributed by atoms with E-state index >= 15 is 0 Å². The van der Waals surface area contributed by atoms with Gasteiger partial charge in [0.1, 0.15) is 0 Å². The summed E-state index contributed by atoms with van der Waals surface area (Å²) < 4.78 is 27.5. The lowest BCUT2D eigenvalue weighted by molar-refractivity contribution is -0.115.